The lowest BCUT2D eigenvalue weighted by Gasteiger charge is -2.47. The maximum absolute atomic E-state index is 13.5. The summed E-state index contributed by atoms with van der Waals surface area (Å²) in [6.45, 7) is 2.26. The number of unbranched alkanes of at least 4 members (excludes halogenated alkanes) is 1. The Morgan fingerprint density at radius 3 is 2.60 bits per heavy atom. The van der Waals surface area contributed by atoms with Gasteiger partial charge >= 0.3 is 0 Å². The molecule has 2 heterocycles. The molecule has 0 radical (unpaired) electrons. The molecule has 15 heteroatoms. The Balaban J connectivity index is 1.31. The summed E-state index contributed by atoms with van der Waals surface area (Å²) in [5.74, 6) is 0.114. The number of anilines is 3. The Hall–Kier alpha value is -3.81. The van der Waals surface area contributed by atoms with E-state index in [1.807, 2.05) is 6.92 Å². The Kier molecular flexibility index (Phi) is 11.2. The van der Waals surface area contributed by atoms with E-state index in [2.05, 4.69) is 21.7 Å². The van der Waals surface area contributed by atoms with Crippen LogP contribution < -0.4 is 20.1 Å². The first kappa shape index (κ1) is 35.5. The van der Waals surface area contributed by atoms with Crippen molar-refractivity contribution < 1.29 is 36.9 Å². The molecule has 4 aromatic rings. The molecule has 48 heavy (non-hydrogen) atoms. The SMILES string of the molecule is CCOc1cc2ncc(C#N)c(Nc3ccc(OCc4cccc(F)c4)c(Cl)c3)c2cc1NC(=O)CCCCC1CCS(O)(O)S1(O)O. The number of carbonyl (C=O) groups excluding carboxylic acids is 1. The zero-order chi connectivity index (χ0) is 34.5. The summed E-state index contributed by atoms with van der Waals surface area (Å²) in [4.78, 5) is 17.4. The number of pyridine rings is 1. The smallest absolute Gasteiger partial charge is 0.224 e. The van der Waals surface area contributed by atoms with Gasteiger partial charge in [0.1, 0.15) is 30.0 Å². The van der Waals surface area contributed by atoms with Crippen LogP contribution in [0, 0.1) is 17.1 Å². The van der Waals surface area contributed by atoms with Crippen LogP contribution in [0.1, 0.15) is 50.2 Å². The van der Waals surface area contributed by atoms with Crippen LogP contribution in [-0.2, 0) is 11.4 Å². The van der Waals surface area contributed by atoms with Crippen LogP contribution in [-0.4, -0.2) is 46.7 Å². The normalized spacial score (nSPS) is 17.7. The number of carbonyl (C=O) groups is 1. The van der Waals surface area contributed by atoms with Gasteiger partial charge in [-0.2, -0.15) is 5.26 Å². The number of nitriles is 1. The summed E-state index contributed by atoms with van der Waals surface area (Å²) < 4.78 is 65.4. The van der Waals surface area contributed by atoms with E-state index in [4.69, 9.17) is 21.1 Å². The van der Waals surface area contributed by atoms with Gasteiger partial charge in [-0.05, 0) is 68.1 Å². The molecule has 0 saturated carbocycles. The van der Waals surface area contributed by atoms with Crippen LogP contribution in [0.2, 0.25) is 5.02 Å². The molecule has 1 fully saturated rings. The van der Waals surface area contributed by atoms with Gasteiger partial charge in [-0.25, -0.2) is 4.39 Å². The average molecular weight is 719 g/mol. The monoisotopic (exact) mass is 718 g/mol. The molecule has 1 unspecified atom stereocenters. The van der Waals surface area contributed by atoms with Crippen LogP contribution in [0.4, 0.5) is 21.5 Å². The van der Waals surface area contributed by atoms with Crippen LogP contribution in [0.15, 0.2) is 60.8 Å². The van der Waals surface area contributed by atoms with Crippen LogP contribution in [0.3, 0.4) is 0 Å². The molecule has 1 amide bonds. The Morgan fingerprint density at radius 1 is 1.10 bits per heavy atom. The van der Waals surface area contributed by atoms with Crippen molar-refractivity contribution in [3.8, 4) is 17.6 Å². The summed E-state index contributed by atoms with van der Waals surface area (Å²) >= 11 is 6.51. The number of fused-ring (bicyclic) bond motifs is 1. The predicted octanol–water partition coefficient (Wildman–Crippen LogP) is 9.31. The van der Waals surface area contributed by atoms with Crippen molar-refractivity contribution in [2.24, 2.45) is 0 Å². The average Bonchev–Trinajstić information content (AvgIpc) is 3.25. The van der Waals surface area contributed by atoms with Gasteiger partial charge in [0.05, 0.1) is 45.1 Å². The van der Waals surface area contributed by atoms with Crippen LogP contribution in [0.5, 0.6) is 11.5 Å². The van der Waals surface area contributed by atoms with Gasteiger partial charge in [-0.3, -0.25) is 28.0 Å². The molecule has 1 aromatic heterocycles. The van der Waals surface area contributed by atoms with E-state index in [1.165, 1.54) is 18.3 Å². The molecule has 3 aromatic carbocycles. The minimum atomic E-state index is -3.48. The Bertz CT molecular complexity index is 1860. The second-order valence-corrected chi connectivity index (χ2v) is 18.0. The molecule has 1 aliphatic rings. The maximum Gasteiger partial charge on any atom is 0.224 e. The second kappa shape index (κ2) is 15.2. The molecule has 256 valence electrons. The van der Waals surface area contributed by atoms with Crippen LogP contribution >= 0.6 is 30.8 Å². The number of rotatable bonds is 13. The number of aromatic nitrogens is 1. The highest BCUT2D eigenvalue weighted by Gasteiger charge is 2.44. The summed E-state index contributed by atoms with van der Waals surface area (Å²) in [6, 6.07) is 16.6. The number of amides is 1. The van der Waals surface area contributed by atoms with Gasteiger partial charge in [0, 0.05) is 29.8 Å². The number of hydrogen-bond acceptors (Lipinski definition) is 10. The lowest BCUT2D eigenvalue weighted by molar-refractivity contribution is -0.116. The summed E-state index contributed by atoms with van der Waals surface area (Å²) in [6.07, 6.45) is 3.22. The number of benzene rings is 3. The summed E-state index contributed by atoms with van der Waals surface area (Å²) in [7, 11) is -6.88. The minimum Gasteiger partial charge on any atom is -0.492 e. The highest BCUT2D eigenvalue weighted by atomic mass is 35.5. The lowest BCUT2D eigenvalue weighted by atomic mass is 10.1. The molecule has 5 rings (SSSR count). The van der Waals surface area contributed by atoms with Gasteiger partial charge in [0.2, 0.25) is 5.91 Å². The largest absolute Gasteiger partial charge is 0.492 e. The number of ether oxygens (including phenoxy) is 2. The number of nitrogens with one attached hydrogen (secondary N) is 2. The Morgan fingerprint density at radius 2 is 1.92 bits per heavy atom. The zero-order valence-electron chi connectivity index (χ0n) is 26.0. The number of nitrogens with zero attached hydrogens (tertiary/aromatic N) is 2. The van der Waals surface area contributed by atoms with E-state index >= 15 is 0 Å². The van der Waals surface area contributed by atoms with Crippen molar-refractivity contribution in [2.75, 3.05) is 23.0 Å². The van der Waals surface area contributed by atoms with E-state index in [-0.39, 0.29) is 36.1 Å². The van der Waals surface area contributed by atoms with Crippen molar-refractivity contribution in [3.63, 3.8) is 0 Å². The number of hydrogen-bond donors (Lipinski definition) is 6. The van der Waals surface area contributed by atoms with E-state index < -0.39 is 24.5 Å². The standard InChI is InChI=1S/C33H36ClFN4O7S2/c1-2-45-31-17-28-26(16-29(31)39-32(40)9-4-3-8-25-12-13-47(41,42)48(25,43)44)33(22(18-36)19-37-28)38-24-10-11-30(27(34)15-24)46-20-21-6-5-7-23(35)14-21/h5-7,10-11,14-17,19,25,41-44H,2-4,8-9,12-13,20H2,1H3,(H,37,38)(H,39,40). The van der Waals surface area contributed by atoms with Gasteiger partial charge in [-0.1, -0.05) is 30.2 Å². The van der Waals surface area contributed by atoms with Gasteiger partial charge in [0.25, 0.3) is 0 Å². The minimum absolute atomic E-state index is 0.0212. The van der Waals surface area contributed by atoms with E-state index in [0.29, 0.717) is 82.3 Å². The summed E-state index contributed by atoms with van der Waals surface area (Å²) in [5, 5.41) is 16.3. The molecule has 1 atom stereocenters. The Labute approximate surface area is 285 Å². The molecule has 1 saturated heterocycles. The molecule has 11 nitrogen and oxygen atoms in total. The highest BCUT2D eigenvalue weighted by Crippen LogP contribution is 2.80. The van der Waals surface area contributed by atoms with Crippen molar-refractivity contribution in [1.82, 2.24) is 4.98 Å². The quantitative estimate of drug-likeness (QED) is 0.0577. The zero-order valence-corrected chi connectivity index (χ0v) is 28.4. The first-order valence-electron chi connectivity index (χ1n) is 15.2. The van der Waals surface area contributed by atoms with Gasteiger partial charge in [0.15, 0.2) is 0 Å². The first-order chi connectivity index (χ1) is 22.9. The molecule has 1 aliphatic heterocycles. The first-order valence-corrected chi connectivity index (χ1v) is 19.4. The fourth-order valence-electron chi connectivity index (χ4n) is 5.39. The lowest BCUT2D eigenvalue weighted by Crippen LogP contribution is -2.15. The van der Waals surface area contributed by atoms with Crippen LogP contribution in [0.25, 0.3) is 10.9 Å². The summed E-state index contributed by atoms with van der Waals surface area (Å²) in [5.41, 5.74) is 2.79. The van der Waals surface area contributed by atoms with E-state index in [0.717, 1.165) is 0 Å². The van der Waals surface area contributed by atoms with E-state index in [1.54, 1.807) is 42.5 Å². The van der Waals surface area contributed by atoms with Crippen molar-refractivity contribution >= 4 is 64.7 Å². The second-order valence-electron chi connectivity index (χ2n) is 11.2. The molecule has 0 spiro atoms. The van der Waals surface area contributed by atoms with E-state index in [9.17, 15) is 32.7 Å². The molecule has 0 bridgehead atoms. The van der Waals surface area contributed by atoms with Crippen molar-refractivity contribution in [1.29, 1.82) is 5.26 Å². The fourth-order valence-corrected chi connectivity index (χ4v) is 10.9. The third kappa shape index (κ3) is 8.07. The molecule has 6 N–H and O–H groups in total. The van der Waals surface area contributed by atoms with Gasteiger partial charge in [-0.15, -0.1) is 19.2 Å². The third-order valence-corrected chi connectivity index (χ3v) is 14.7. The topological polar surface area (TPSA) is 177 Å². The predicted molar refractivity (Wildman–Crippen MR) is 189 cm³/mol. The molecule has 0 aliphatic carbocycles. The highest BCUT2D eigenvalue weighted by molar-refractivity contribution is 9.01. The van der Waals surface area contributed by atoms with Crippen molar-refractivity contribution in [3.05, 3.63) is 82.8 Å². The van der Waals surface area contributed by atoms with Gasteiger partial charge < -0.3 is 20.1 Å². The van der Waals surface area contributed by atoms with Crippen molar-refractivity contribution in [2.45, 2.75) is 50.9 Å². The maximum atomic E-state index is 13.5. The number of halogens is 2. The fraction of sp³-hybridized carbons (Fsp3) is 0.303. The molecular weight excluding hydrogens is 683 g/mol. The molecular formula is C33H36ClFN4O7S2. The third-order valence-electron chi connectivity index (χ3n) is 7.86.